The largest absolute Gasteiger partial charge is 0.457 e. The van der Waals surface area contributed by atoms with Crippen molar-refractivity contribution >= 4 is 17.7 Å². The molecule has 8 nitrogen and oxygen atoms in total. The highest BCUT2D eigenvalue weighted by Gasteiger charge is 2.39. The molecular formula is C38H46F3N5O3. The number of likely N-dealkylation sites (N-methyl/N-ethyl adjacent to an activating group) is 2. The topological polar surface area (TPSA) is 59.6 Å². The second-order valence-corrected chi connectivity index (χ2v) is 13.9. The fraction of sp³-hybridized carbons (Fsp3) is 0.474. The molecule has 6 rings (SSSR count). The number of nitrogens with zero attached hydrogens (tertiary/aromatic N) is 5. The van der Waals surface area contributed by atoms with Gasteiger partial charge in [0, 0.05) is 58.0 Å². The first kappa shape index (κ1) is 34.6. The van der Waals surface area contributed by atoms with Gasteiger partial charge in [0.2, 0.25) is 0 Å². The van der Waals surface area contributed by atoms with Gasteiger partial charge >= 0.3 is 18.2 Å². The average Bonchev–Trinajstić information content (AvgIpc) is 3.88. The van der Waals surface area contributed by atoms with Crippen LogP contribution >= 0.6 is 0 Å². The Labute approximate surface area is 287 Å². The van der Waals surface area contributed by atoms with Crippen molar-refractivity contribution in [3.05, 3.63) is 90.0 Å². The molecule has 1 saturated carbocycles. The molecule has 4 atom stereocenters. The molecule has 49 heavy (non-hydrogen) atoms. The van der Waals surface area contributed by atoms with Gasteiger partial charge < -0.3 is 19.4 Å². The summed E-state index contributed by atoms with van der Waals surface area (Å²) in [4.78, 5) is 37.3. The molecule has 2 unspecified atom stereocenters. The van der Waals surface area contributed by atoms with Crippen molar-refractivity contribution in [1.82, 2.24) is 19.6 Å². The van der Waals surface area contributed by atoms with Crippen molar-refractivity contribution in [2.75, 3.05) is 45.2 Å². The monoisotopic (exact) mass is 677 g/mol. The quantitative estimate of drug-likeness (QED) is 0.243. The number of hydrogen-bond acceptors (Lipinski definition) is 4. The molecule has 0 N–H and O–H groups in total. The van der Waals surface area contributed by atoms with Crippen LogP contribution in [0.25, 0.3) is 0 Å². The lowest BCUT2D eigenvalue weighted by Crippen LogP contribution is -2.49. The van der Waals surface area contributed by atoms with Gasteiger partial charge in [-0.15, -0.1) is 0 Å². The minimum Gasteiger partial charge on any atom is -0.457 e. The second kappa shape index (κ2) is 14.7. The Balaban J connectivity index is 1.12. The summed E-state index contributed by atoms with van der Waals surface area (Å²) >= 11 is 0. The maximum atomic E-state index is 14.2. The zero-order valence-electron chi connectivity index (χ0n) is 28.5. The van der Waals surface area contributed by atoms with Gasteiger partial charge in [-0.1, -0.05) is 37.3 Å². The van der Waals surface area contributed by atoms with Crippen LogP contribution in [0, 0.1) is 5.92 Å². The average molecular weight is 678 g/mol. The molecule has 0 aromatic heterocycles. The molecule has 0 radical (unpaired) electrons. The molecule has 3 fully saturated rings. The number of halogens is 3. The summed E-state index contributed by atoms with van der Waals surface area (Å²) in [5.74, 6) is 2.03. The molecule has 1 aliphatic carbocycles. The van der Waals surface area contributed by atoms with Gasteiger partial charge in [-0.05, 0) is 92.1 Å². The Morgan fingerprint density at radius 3 is 2.10 bits per heavy atom. The van der Waals surface area contributed by atoms with E-state index in [9.17, 15) is 22.8 Å². The van der Waals surface area contributed by atoms with Crippen molar-refractivity contribution in [2.24, 2.45) is 5.92 Å². The summed E-state index contributed by atoms with van der Waals surface area (Å²) in [6.07, 6.45) is 0.904. The summed E-state index contributed by atoms with van der Waals surface area (Å²) in [6.45, 7) is 5.28. The number of ether oxygens (including phenoxy) is 1. The molecule has 3 aromatic carbocycles. The van der Waals surface area contributed by atoms with Crippen LogP contribution in [0.5, 0.6) is 11.5 Å². The Hall–Kier alpha value is -4.25. The van der Waals surface area contributed by atoms with E-state index in [1.54, 1.807) is 41.1 Å². The van der Waals surface area contributed by atoms with E-state index in [2.05, 4.69) is 11.8 Å². The van der Waals surface area contributed by atoms with E-state index in [0.717, 1.165) is 37.6 Å². The number of anilines is 1. The van der Waals surface area contributed by atoms with E-state index < -0.39 is 11.7 Å². The Morgan fingerprint density at radius 2 is 1.45 bits per heavy atom. The molecule has 11 heteroatoms. The van der Waals surface area contributed by atoms with E-state index in [1.807, 2.05) is 47.2 Å². The van der Waals surface area contributed by atoms with Crippen LogP contribution < -0.4 is 9.64 Å². The number of alkyl halides is 3. The lowest BCUT2D eigenvalue weighted by molar-refractivity contribution is -0.137. The normalized spacial score (nSPS) is 22.7. The summed E-state index contributed by atoms with van der Waals surface area (Å²) in [7, 11) is 3.63. The standard InChI is InChI=1S/C38H46F3N5O3/c1-27-9-14-31(23-27)44-21-19-32(25-44)42(2)36(47)45-22-20-33(26-45)43(3)37(48)46(24-28-10-12-29(13-11-28)38(39,40)41)30-15-17-35(18-16-30)49-34-7-5-4-6-8-34/h4-8,10-13,15-18,27,31-33H,9,14,19-26H2,1-3H3/t27?,31?,32-,33+/m1/s1. The van der Waals surface area contributed by atoms with E-state index in [-0.39, 0.29) is 30.7 Å². The molecule has 2 aliphatic heterocycles. The van der Waals surface area contributed by atoms with Crippen molar-refractivity contribution in [3.8, 4) is 11.5 Å². The van der Waals surface area contributed by atoms with E-state index in [4.69, 9.17) is 4.74 Å². The number of carbonyl (C=O) groups is 2. The van der Waals surface area contributed by atoms with Gasteiger partial charge in [0.15, 0.2) is 0 Å². The predicted octanol–water partition coefficient (Wildman–Crippen LogP) is 7.95. The molecule has 3 aliphatic rings. The molecule has 2 saturated heterocycles. The second-order valence-electron chi connectivity index (χ2n) is 13.9. The molecule has 262 valence electrons. The lowest BCUT2D eigenvalue weighted by Gasteiger charge is -2.33. The third-order valence-corrected chi connectivity index (χ3v) is 10.5. The van der Waals surface area contributed by atoms with Crippen LogP contribution in [0.15, 0.2) is 78.9 Å². The fourth-order valence-corrected chi connectivity index (χ4v) is 7.45. The minimum atomic E-state index is -4.45. The number of rotatable bonds is 8. The predicted molar refractivity (Wildman–Crippen MR) is 184 cm³/mol. The summed E-state index contributed by atoms with van der Waals surface area (Å²) in [5, 5.41) is 0. The van der Waals surface area contributed by atoms with Gasteiger partial charge in [0.1, 0.15) is 11.5 Å². The maximum absolute atomic E-state index is 14.2. The van der Waals surface area contributed by atoms with Crippen molar-refractivity contribution in [1.29, 1.82) is 0 Å². The number of urea groups is 2. The first-order valence-electron chi connectivity index (χ1n) is 17.3. The summed E-state index contributed by atoms with van der Waals surface area (Å²) in [6, 6.07) is 21.5. The highest BCUT2D eigenvalue weighted by atomic mass is 19.4. The summed E-state index contributed by atoms with van der Waals surface area (Å²) < 4.78 is 45.7. The number of benzene rings is 3. The van der Waals surface area contributed by atoms with Crippen molar-refractivity contribution in [3.63, 3.8) is 0 Å². The molecular weight excluding hydrogens is 631 g/mol. The van der Waals surface area contributed by atoms with Crippen LogP contribution in [0.1, 0.15) is 50.2 Å². The Bertz CT molecular complexity index is 1570. The molecule has 3 aromatic rings. The Kier molecular flexibility index (Phi) is 10.4. The Morgan fingerprint density at radius 1 is 0.796 bits per heavy atom. The van der Waals surface area contributed by atoms with Gasteiger partial charge in [0.05, 0.1) is 18.2 Å². The number of likely N-dealkylation sites (tertiary alicyclic amines) is 2. The van der Waals surface area contributed by atoms with Crippen molar-refractivity contribution < 1.29 is 27.5 Å². The summed E-state index contributed by atoms with van der Waals surface area (Å²) in [5.41, 5.74) is 0.389. The SMILES string of the molecule is CC1CCC(N2CC[C@@H](N(C)C(=O)N3CC[C@H](N(C)C(=O)N(Cc4ccc(C(F)(F)F)cc4)c4ccc(Oc5ccccc5)cc4)C3)C2)C1. The highest BCUT2D eigenvalue weighted by Crippen LogP contribution is 2.33. The lowest BCUT2D eigenvalue weighted by atomic mass is 10.1. The number of amides is 4. The van der Waals surface area contributed by atoms with E-state index in [1.165, 1.54) is 31.4 Å². The van der Waals surface area contributed by atoms with Crippen LogP contribution in [-0.2, 0) is 12.7 Å². The smallest absolute Gasteiger partial charge is 0.416 e. The first-order valence-corrected chi connectivity index (χ1v) is 17.3. The van der Waals surface area contributed by atoms with Crippen molar-refractivity contribution in [2.45, 2.75) is 69.9 Å². The van der Waals surface area contributed by atoms with E-state index in [0.29, 0.717) is 48.3 Å². The number of carbonyl (C=O) groups excluding carboxylic acids is 2. The van der Waals surface area contributed by atoms with Gasteiger partial charge in [-0.25, -0.2) is 9.59 Å². The van der Waals surface area contributed by atoms with Crippen LogP contribution in [-0.4, -0.2) is 90.1 Å². The molecule has 2 heterocycles. The van der Waals surface area contributed by atoms with Crippen LogP contribution in [0.2, 0.25) is 0 Å². The molecule has 0 bridgehead atoms. The number of hydrogen-bond donors (Lipinski definition) is 0. The molecule has 4 amide bonds. The maximum Gasteiger partial charge on any atom is 0.416 e. The van der Waals surface area contributed by atoms with Gasteiger partial charge in [-0.2, -0.15) is 13.2 Å². The highest BCUT2D eigenvalue weighted by molar-refractivity contribution is 5.92. The van der Waals surface area contributed by atoms with Crippen LogP contribution in [0.4, 0.5) is 28.4 Å². The minimum absolute atomic E-state index is 0.00870. The van der Waals surface area contributed by atoms with Gasteiger partial charge in [0.25, 0.3) is 0 Å². The first-order chi connectivity index (χ1) is 23.5. The zero-order valence-corrected chi connectivity index (χ0v) is 28.5. The zero-order chi connectivity index (χ0) is 34.7. The fourth-order valence-electron chi connectivity index (χ4n) is 7.45. The van der Waals surface area contributed by atoms with E-state index >= 15 is 0 Å². The number of para-hydroxylation sites is 1. The van der Waals surface area contributed by atoms with Gasteiger partial charge in [-0.3, -0.25) is 9.80 Å². The van der Waals surface area contributed by atoms with Crippen LogP contribution in [0.3, 0.4) is 0 Å². The molecule has 0 spiro atoms. The third-order valence-electron chi connectivity index (χ3n) is 10.5. The third kappa shape index (κ3) is 8.15.